The van der Waals surface area contributed by atoms with E-state index in [2.05, 4.69) is 35.4 Å². The number of nitrogens with one attached hydrogen (secondary N) is 1. The normalized spacial score (nSPS) is 11.2. The van der Waals surface area contributed by atoms with E-state index in [9.17, 15) is 0 Å². The second-order valence-corrected chi connectivity index (χ2v) is 5.70. The van der Waals surface area contributed by atoms with Gasteiger partial charge in [-0.3, -0.25) is 0 Å². The van der Waals surface area contributed by atoms with Gasteiger partial charge < -0.3 is 15.0 Å². The molecule has 0 spiro atoms. The molecule has 2 rings (SSSR count). The largest absolute Gasteiger partial charge is 0.494 e. The van der Waals surface area contributed by atoms with Crippen molar-refractivity contribution < 1.29 is 4.74 Å². The summed E-state index contributed by atoms with van der Waals surface area (Å²) in [5.74, 6) is 0.915. The number of ether oxygens (including phenoxy) is 1. The molecule has 2 aromatic rings. The van der Waals surface area contributed by atoms with Crippen molar-refractivity contribution in [2.75, 3.05) is 39.1 Å². The second-order valence-electron chi connectivity index (χ2n) is 4.67. The lowest BCUT2D eigenvalue weighted by Gasteiger charge is -2.08. The van der Waals surface area contributed by atoms with Crippen LogP contribution in [0.15, 0.2) is 18.2 Å². The molecule has 19 heavy (non-hydrogen) atoms. The molecular weight excluding hydrogens is 258 g/mol. The maximum absolute atomic E-state index is 5.50. The van der Waals surface area contributed by atoms with E-state index in [0.717, 1.165) is 35.9 Å². The van der Waals surface area contributed by atoms with E-state index in [1.54, 1.807) is 11.3 Å². The summed E-state index contributed by atoms with van der Waals surface area (Å²) in [6.07, 6.45) is 1.12. The molecule has 1 N–H and O–H groups in total. The van der Waals surface area contributed by atoms with Crippen molar-refractivity contribution in [3.8, 4) is 5.75 Å². The minimum Gasteiger partial charge on any atom is -0.494 e. The first-order valence-corrected chi connectivity index (χ1v) is 7.42. The molecule has 1 aromatic carbocycles. The molecule has 0 amide bonds. The van der Waals surface area contributed by atoms with E-state index in [4.69, 9.17) is 4.74 Å². The number of fused-ring (bicyclic) bond motifs is 1. The van der Waals surface area contributed by atoms with E-state index >= 15 is 0 Å². The lowest BCUT2D eigenvalue weighted by molar-refractivity contribution is 0.341. The number of thiazole rings is 1. The van der Waals surface area contributed by atoms with E-state index in [1.165, 1.54) is 4.70 Å². The molecule has 0 unspecified atom stereocenters. The highest BCUT2D eigenvalue weighted by Gasteiger charge is 2.04. The van der Waals surface area contributed by atoms with E-state index in [-0.39, 0.29) is 0 Å². The predicted octanol–water partition coefficient (Wildman–Crippen LogP) is 3.06. The molecule has 0 aliphatic heterocycles. The Morgan fingerprint density at radius 1 is 1.37 bits per heavy atom. The zero-order valence-corrected chi connectivity index (χ0v) is 12.6. The van der Waals surface area contributed by atoms with Gasteiger partial charge in [0.25, 0.3) is 0 Å². The van der Waals surface area contributed by atoms with Gasteiger partial charge in [-0.2, -0.15) is 0 Å². The Morgan fingerprint density at radius 2 is 2.21 bits per heavy atom. The summed E-state index contributed by atoms with van der Waals surface area (Å²) in [5.41, 5.74) is 1.03. The molecular formula is C14H21N3OS. The lowest BCUT2D eigenvalue weighted by Crippen LogP contribution is -2.16. The molecule has 0 saturated carbocycles. The third-order valence-corrected chi connectivity index (χ3v) is 3.71. The highest BCUT2D eigenvalue weighted by Crippen LogP contribution is 2.29. The first-order chi connectivity index (χ1) is 9.19. The van der Waals surface area contributed by atoms with Crippen LogP contribution in [0.5, 0.6) is 5.75 Å². The summed E-state index contributed by atoms with van der Waals surface area (Å²) in [6, 6.07) is 6.05. The van der Waals surface area contributed by atoms with Crippen LogP contribution >= 0.6 is 11.3 Å². The van der Waals surface area contributed by atoms with Crippen LogP contribution in [-0.2, 0) is 0 Å². The Labute approximate surface area is 118 Å². The first kappa shape index (κ1) is 14.1. The van der Waals surface area contributed by atoms with Gasteiger partial charge in [-0.05, 0) is 52.2 Å². The van der Waals surface area contributed by atoms with Crippen molar-refractivity contribution in [3.05, 3.63) is 18.2 Å². The van der Waals surface area contributed by atoms with Crippen LogP contribution < -0.4 is 10.1 Å². The highest BCUT2D eigenvalue weighted by atomic mass is 32.1. The number of benzene rings is 1. The standard InChI is InChI=1S/C14H21N3OS/c1-4-18-11-6-7-12-13(10-11)19-14(16-12)15-8-5-9-17(2)3/h6-7,10H,4-5,8-9H2,1-3H3,(H,15,16). The number of aromatic nitrogens is 1. The molecule has 0 aliphatic rings. The molecule has 0 atom stereocenters. The monoisotopic (exact) mass is 279 g/mol. The summed E-state index contributed by atoms with van der Waals surface area (Å²) in [6.45, 7) is 4.73. The van der Waals surface area contributed by atoms with Gasteiger partial charge in [0, 0.05) is 6.54 Å². The van der Waals surface area contributed by atoms with Crippen molar-refractivity contribution in [1.29, 1.82) is 0 Å². The Morgan fingerprint density at radius 3 is 2.95 bits per heavy atom. The topological polar surface area (TPSA) is 37.4 Å². The minimum absolute atomic E-state index is 0.694. The minimum atomic E-state index is 0.694. The molecule has 1 heterocycles. The summed E-state index contributed by atoms with van der Waals surface area (Å²) < 4.78 is 6.67. The number of hydrogen-bond donors (Lipinski definition) is 1. The molecule has 0 bridgehead atoms. The highest BCUT2D eigenvalue weighted by molar-refractivity contribution is 7.22. The Hall–Kier alpha value is -1.33. The Balaban J connectivity index is 1.96. The maximum atomic E-state index is 5.50. The molecule has 0 fully saturated rings. The SMILES string of the molecule is CCOc1ccc2nc(NCCCN(C)C)sc2c1. The molecule has 0 aliphatic carbocycles. The Bertz CT molecular complexity index is 524. The maximum Gasteiger partial charge on any atom is 0.183 e. The predicted molar refractivity (Wildman–Crippen MR) is 82.4 cm³/mol. The van der Waals surface area contributed by atoms with Crippen LogP contribution in [0.1, 0.15) is 13.3 Å². The zero-order chi connectivity index (χ0) is 13.7. The Kier molecular flexibility index (Phi) is 4.99. The number of nitrogens with zero attached hydrogens (tertiary/aromatic N) is 2. The smallest absolute Gasteiger partial charge is 0.183 e. The van der Waals surface area contributed by atoms with Gasteiger partial charge in [0.05, 0.1) is 16.8 Å². The van der Waals surface area contributed by atoms with Gasteiger partial charge in [0.1, 0.15) is 5.75 Å². The molecule has 4 nitrogen and oxygen atoms in total. The van der Waals surface area contributed by atoms with Crippen molar-refractivity contribution in [2.45, 2.75) is 13.3 Å². The van der Waals surface area contributed by atoms with Crippen LogP contribution in [0.4, 0.5) is 5.13 Å². The van der Waals surface area contributed by atoms with Crippen molar-refractivity contribution >= 4 is 26.7 Å². The van der Waals surface area contributed by atoms with Gasteiger partial charge >= 0.3 is 0 Å². The van der Waals surface area contributed by atoms with Gasteiger partial charge in [0.2, 0.25) is 0 Å². The van der Waals surface area contributed by atoms with Crippen LogP contribution in [0.3, 0.4) is 0 Å². The zero-order valence-electron chi connectivity index (χ0n) is 11.8. The fourth-order valence-corrected chi connectivity index (χ4v) is 2.75. The second kappa shape index (κ2) is 6.73. The third-order valence-electron chi connectivity index (χ3n) is 2.73. The number of anilines is 1. The average Bonchev–Trinajstić information content (AvgIpc) is 2.77. The van der Waals surface area contributed by atoms with Crippen LogP contribution in [0.25, 0.3) is 10.2 Å². The van der Waals surface area contributed by atoms with Gasteiger partial charge in [-0.25, -0.2) is 4.98 Å². The van der Waals surface area contributed by atoms with E-state index in [1.807, 2.05) is 19.1 Å². The number of rotatable bonds is 7. The van der Waals surface area contributed by atoms with Crippen LogP contribution in [-0.4, -0.2) is 43.7 Å². The van der Waals surface area contributed by atoms with Gasteiger partial charge in [-0.15, -0.1) is 0 Å². The van der Waals surface area contributed by atoms with Crippen LogP contribution in [0.2, 0.25) is 0 Å². The lowest BCUT2D eigenvalue weighted by atomic mass is 10.3. The fraction of sp³-hybridized carbons (Fsp3) is 0.500. The fourth-order valence-electron chi connectivity index (χ4n) is 1.83. The van der Waals surface area contributed by atoms with Crippen molar-refractivity contribution in [1.82, 2.24) is 9.88 Å². The summed E-state index contributed by atoms with van der Waals surface area (Å²) >= 11 is 1.68. The van der Waals surface area contributed by atoms with Gasteiger partial charge in [0.15, 0.2) is 5.13 Å². The average molecular weight is 279 g/mol. The van der Waals surface area contributed by atoms with E-state index < -0.39 is 0 Å². The van der Waals surface area contributed by atoms with E-state index in [0.29, 0.717) is 6.61 Å². The molecule has 104 valence electrons. The molecule has 0 saturated heterocycles. The first-order valence-electron chi connectivity index (χ1n) is 6.61. The quantitative estimate of drug-likeness (QED) is 0.790. The summed E-state index contributed by atoms with van der Waals surface area (Å²) in [5, 5.41) is 4.37. The van der Waals surface area contributed by atoms with Crippen molar-refractivity contribution in [2.24, 2.45) is 0 Å². The van der Waals surface area contributed by atoms with Gasteiger partial charge in [-0.1, -0.05) is 11.3 Å². The molecule has 0 radical (unpaired) electrons. The summed E-state index contributed by atoms with van der Waals surface area (Å²) in [4.78, 5) is 6.76. The van der Waals surface area contributed by atoms with Crippen LogP contribution in [0, 0.1) is 0 Å². The van der Waals surface area contributed by atoms with Crippen molar-refractivity contribution in [3.63, 3.8) is 0 Å². The summed E-state index contributed by atoms with van der Waals surface area (Å²) in [7, 11) is 4.18. The number of hydrogen-bond acceptors (Lipinski definition) is 5. The molecule has 5 heteroatoms. The molecule has 1 aromatic heterocycles. The third kappa shape index (κ3) is 4.08.